The molecule has 0 aliphatic carbocycles. The molecule has 0 radical (unpaired) electrons. The van der Waals surface area contributed by atoms with Crippen molar-refractivity contribution in [2.45, 2.75) is 45.6 Å². The lowest BCUT2D eigenvalue weighted by Gasteiger charge is -2.23. The molecule has 0 aromatic rings. The molecule has 0 heterocycles. The van der Waals surface area contributed by atoms with E-state index in [4.69, 9.17) is 4.74 Å². The van der Waals surface area contributed by atoms with Crippen molar-refractivity contribution >= 4 is 5.97 Å². The van der Waals surface area contributed by atoms with Crippen LogP contribution in [0, 0.1) is 0 Å². The first kappa shape index (κ1) is 11.4. The second-order valence-corrected chi connectivity index (χ2v) is 2.91. The number of hydrogen-bond acceptors (Lipinski definition) is 3. The van der Waals surface area contributed by atoms with Gasteiger partial charge in [-0.1, -0.05) is 13.8 Å². The van der Waals surface area contributed by atoms with Crippen molar-refractivity contribution in [3.05, 3.63) is 0 Å². The maximum absolute atomic E-state index is 11.0. The Bertz CT molecular complexity index is 139. The number of carbonyl (C=O) groups is 1. The smallest absolute Gasteiger partial charge is 0.308 e. The van der Waals surface area contributed by atoms with E-state index in [9.17, 15) is 9.90 Å². The highest BCUT2D eigenvalue weighted by molar-refractivity contribution is 5.70. The highest BCUT2D eigenvalue weighted by Crippen LogP contribution is 2.19. The Kier molecular flexibility index (Phi) is 4.90. The highest BCUT2D eigenvalue weighted by atomic mass is 16.5. The molecule has 0 aliphatic rings. The summed E-state index contributed by atoms with van der Waals surface area (Å²) >= 11 is 0. The molecule has 12 heavy (non-hydrogen) atoms. The van der Waals surface area contributed by atoms with Crippen molar-refractivity contribution in [1.82, 2.24) is 0 Å². The first-order valence-corrected chi connectivity index (χ1v) is 4.46. The van der Waals surface area contributed by atoms with Gasteiger partial charge in [-0.05, 0) is 19.8 Å². The molecule has 1 N–H and O–H groups in total. The van der Waals surface area contributed by atoms with Crippen LogP contribution in [-0.4, -0.2) is 23.3 Å². The summed E-state index contributed by atoms with van der Waals surface area (Å²) in [5.74, 6) is -0.316. The minimum Gasteiger partial charge on any atom is -0.466 e. The molecule has 0 unspecified atom stereocenters. The zero-order valence-electron chi connectivity index (χ0n) is 8.09. The predicted octanol–water partition coefficient (Wildman–Crippen LogP) is 1.49. The maximum atomic E-state index is 11.0. The lowest BCUT2D eigenvalue weighted by Crippen LogP contribution is -2.30. The normalized spacial score (nSPS) is 11.3. The number of rotatable bonds is 5. The molecular formula is C9H18O3. The van der Waals surface area contributed by atoms with Gasteiger partial charge >= 0.3 is 5.97 Å². The molecule has 0 aromatic carbocycles. The van der Waals surface area contributed by atoms with E-state index < -0.39 is 5.60 Å². The first-order chi connectivity index (χ1) is 5.58. The molecule has 0 rings (SSSR count). The van der Waals surface area contributed by atoms with Gasteiger partial charge in [-0.25, -0.2) is 0 Å². The molecule has 0 spiro atoms. The van der Waals surface area contributed by atoms with E-state index in [2.05, 4.69) is 0 Å². The monoisotopic (exact) mass is 174 g/mol. The van der Waals surface area contributed by atoms with Crippen LogP contribution in [0.2, 0.25) is 0 Å². The van der Waals surface area contributed by atoms with Crippen molar-refractivity contribution in [3.63, 3.8) is 0 Å². The fourth-order valence-corrected chi connectivity index (χ4v) is 0.981. The van der Waals surface area contributed by atoms with E-state index in [0.29, 0.717) is 19.4 Å². The van der Waals surface area contributed by atoms with Gasteiger partial charge in [-0.3, -0.25) is 4.79 Å². The average Bonchev–Trinajstić information content (AvgIpc) is 2.05. The summed E-state index contributed by atoms with van der Waals surface area (Å²) in [5, 5.41) is 9.72. The number of hydrogen-bond donors (Lipinski definition) is 1. The molecule has 0 aliphatic heterocycles. The lowest BCUT2D eigenvalue weighted by atomic mass is 9.94. The van der Waals surface area contributed by atoms with Crippen molar-refractivity contribution in [1.29, 1.82) is 0 Å². The van der Waals surface area contributed by atoms with Gasteiger partial charge in [-0.15, -0.1) is 0 Å². The fraction of sp³-hybridized carbons (Fsp3) is 0.889. The average molecular weight is 174 g/mol. The summed E-state index contributed by atoms with van der Waals surface area (Å²) in [6.45, 7) is 5.86. The second-order valence-electron chi connectivity index (χ2n) is 2.91. The molecule has 72 valence electrons. The van der Waals surface area contributed by atoms with Gasteiger partial charge in [0.05, 0.1) is 18.6 Å². The lowest BCUT2D eigenvalue weighted by molar-refractivity contribution is -0.149. The largest absolute Gasteiger partial charge is 0.466 e. The van der Waals surface area contributed by atoms with E-state index in [1.54, 1.807) is 6.92 Å². The standard InChI is InChI=1S/C9H18O3/c1-4-9(11,5-2)7-8(10)12-6-3/h11H,4-7H2,1-3H3. The van der Waals surface area contributed by atoms with Gasteiger partial charge in [0.15, 0.2) is 0 Å². The fourth-order valence-electron chi connectivity index (χ4n) is 0.981. The Hall–Kier alpha value is -0.570. The van der Waals surface area contributed by atoms with Crippen LogP contribution in [0.1, 0.15) is 40.0 Å². The van der Waals surface area contributed by atoms with Crippen molar-refractivity contribution in [2.75, 3.05) is 6.61 Å². The summed E-state index contributed by atoms with van der Waals surface area (Å²) < 4.78 is 4.74. The third kappa shape index (κ3) is 3.72. The number of aliphatic hydroxyl groups is 1. The van der Waals surface area contributed by atoms with Gasteiger partial charge in [0.25, 0.3) is 0 Å². The van der Waals surface area contributed by atoms with Gasteiger partial charge < -0.3 is 9.84 Å². The SMILES string of the molecule is CCOC(=O)CC(O)(CC)CC. The van der Waals surface area contributed by atoms with Gasteiger partial charge in [0.2, 0.25) is 0 Å². The van der Waals surface area contributed by atoms with E-state index in [1.165, 1.54) is 0 Å². The second kappa shape index (κ2) is 5.14. The van der Waals surface area contributed by atoms with Crippen molar-refractivity contribution in [3.8, 4) is 0 Å². The van der Waals surface area contributed by atoms with Crippen LogP contribution in [0.4, 0.5) is 0 Å². The van der Waals surface area contributed by atoms with E-state index in [0.717, 1.165) is 0 Å². The van der Waals surface area contributed by atoms with Crippen LogP contribution in [-0.2, 0) is 9.53 Å². The summed E-state index contributed by atoms with van der Waals surface area (Å²) in [5.41, 5.74) is -0.869. The quantitative estimate of drug-likeness (QED) is 0.642. The van der Waals surface area contributed by atoms with E-state index >= 15 is 0 Å². The Balaban J connectivity index is 3.93. The van der Waals surface area contributed by atoms with Crippen LogP contribution in [0.15, 0.2) is 0 Å². The number of carbonyl (C=O) groups excluding carboxylic acids is 1. The Morgan fingerprint density at radius 2 is 1.83 bits per heavy atom. The molecule has 0 aromatic heterocycles. The Morgan fingerprint density at radius 1 is 1.33 bits per heavy atom. The van der Waals surface area contributed by atoms with Crippen LogP contribution in [0.3, 0.4) is 0 Å². The molecule has 0 amide bonds. The summed E-state index contributed by atoms with van der Waals surface area (Å²) in [6, 6.07) is 0. The third-order valence-electron chi connectivity index (χ3n) is 2.09. The zero-order valence-corrected chi connectivity index (χ0v) is 8.09. The van der Waals surface area contributed by atoms with Crippen molar-refractivity contribution < 1.29 is 14.6 Å². The molecule has 0 atom stereocenters. The van der Waals surface area contributed by atoms with Gasteiger partial charge in [0.1, 0.15) is 0 Å². The molecule has 3 nitrogen and oxygen atoms in total. The van der Waals surface area contributed by atoms with Crippen LogP contribution in [0.25, 0.3) is 0 Å². The molecule has 3 heteroatoms. The van der Waals surface area contributed by atoms with E-state index in [-0.39, 0.29) is 12.4 Å². The molecule has 0 saturated carbocycles. The van der Waals surface area contributed by atoms with Crippen molar-refractivity contribution in [2.24, 2.45) is 0 Å². The Labute approximate surface area is 73.7 Å². The molecular weight excluding hydrogens is 156 g/mol. The van der Waals surface area contributed by atoms with Crippen LogP contribution >= 0.6 is 0 Å². The third-order valence-corrected chi connectivity index (χ3v) is 2.09. The van der Waals surface area contributed by atoms with E-state index in [1.807, 2.05) is 13.8 Å². The summed E-state index contributed by atoms with van der Waals surface area (Å²) in [7, 11) is 0. The topological polar surface area (TPSA) is 46.5 Å². The minimum absolute atomic E-state index is 0.105. The first-order valence-electron chi connectivity index (χ1n) is 4.46. The van der Waals surface area contributed by atoms with Crippen LogP contribution < -0.4 is 0 Å². The summed E-state index contributed by atoms with van der Waals surface area (Å²) in [4.78, 5) is 11.0. The summed E-state index contributed by atoms with van der Waals surface area (Å²) in [6.07, 6.45) is 1.28. The highest BCUT2D eigenvalue weighted by Gasteiger charge is 2.26. The molecule has 0 saturated heterocycles. The van der Waals surface area contributed by atoms with Gasteiger partial charge in [-0.2, -0.15) is 0 Å². The van der Waals surface area contributed by atoms with Gasteiger partial charge in [0, 0.05) is 0 Å². The Morgan fingerprint density at radius 3 is 2.17 bits per heavy atom. The predicted molar refractivity (Wildman–Crippen MR) is 46.8 cm³/mol. The molecule has 0 fully saturated rings. The number of ether oxygens (including phenoxy) is 1. The zero-order chi connectivity index (χ0) is 9.61. The molecule has 0 bridgehead atoms. The van der Waals surface area contributed by atoms with Crippen LogP contribution in [0.5, 0.6) is 0 Å². The maximum Gasteiger partial charge on any atom is 0.308 e. The minimum atomic E-state index is -0.869. The number of esters is 1.